The van der Waals surface area contributed by atoms with Crippen molar-refractivity contribution in [3.63, 3.8) is 0 Å². The van der Waals surface area contributed by atoms with Crippen LogP contribution in [0.5, 0.6) is 0 Å². The summed E-state index contributed by atoms with van der Waals surface area (Å²) in [6, 6.07) is 0. The first kappa shape index (κ1) is 54.0. The molecule has 348 valence electrons. The third kappa shape index (κ3) is 23.4. The highest BCUT2D eigenvalue weighted by molar-refractivity contribution is 5.67. The van der Waals surface area contributed by atoms with Gasteiger partial charge in [0, 0.05) is 19.3 Å². The van der Waals surface area contributed by atoms with Gasteiger partial charge in [0.1, 0.15) is 0 Å². The lowest BCUT2D eigenvalue weighted by Crippen LogP contribution is -2.52. The van der Waals surface area contributed by atoms with Crippen molar-refractivity contribution in [3.8, 4) is 0 Å². The summed E-state index contributed by atoms with van der Waals surface area (Å²) < 4.78 is 0. The van der Waals surface area contributed by atoms with E-state index in [-0.39, 0.29) is 19.3 Å². The normalized spacial score (nSPS) is 23.9. The molecule has 0 aromatic carbocycles. The largest absolute Gasteiger partial charge is 0.481 e. The average Bonchev–Trinajstić information content (AvgIpc) is 3.22. The summed E-state index contributed by atoms with van der Waals surface area (Å²) in [5.41, 5.74) is 0. The molecule has 2 aliphatic rings. The van der Waals surface area contributed by atoms with Crippen LogP contribution < -0.4 is 0 Å². The van der Waals surface area contributed by atoms with Crippen LogP contribution in [0.2, 0.25) is 0 Å². The van der Waals surface area contributed by atoms with Gasteiger partial charge >= 0.3 is 17.9 Å². The summed E-state index contributed by atoms with van der Waals surface area (Å²) >= 11 is 0. The molecule has 8 atom stereocenters. The van der Waals surface area contributed by atoms with E-state index in [0.717, 1.165) is 69.6 Å². The second-order valence-electron chi connectivity index (χ2n) is 19.5. The Labute approximate surface area is 370 Å². The van der Waals surface area contributed by atoms with Gasteiger partial charge in [0.15, 0.2) is 0 Å². The Morgan fingerprint density at radius 1 is 0.383 bits per heavy atom. The van der Waals surface area contributed by atoms with Gasteiger partial charge in [-0.25, -0.2) is 0 Å². The third-order valence-electron chi connectivity index (χ3n) is 14.8. The van der Waals surface area contributed by atoms with Crippen molar-refractivity contribution < 1.29 is 29.7 Å². The molecule has 0 bridgehead atoms. The topological polar surface area (TPSA) is 112 Å². The molecule has 0 aromatic heterocycles. The van der Waals surface area contributed by atoms with E-state index >= 15 is 0 Å². The first-order valence-electron chi connectivity index (χ1n) is 26.2. The fourth-order valence-corrected chi connectivity index (χ4v) is 11.7. The second-order valence-corrected chi connectivity index (χ2v) is 19.5. The molecule has 1 fully saturated rings. The molecule has 2 rings (SSSR count). The highest BCUT2D eigenvalue weighted by Gasteiger charge is 2.53. The van der Waals surface area contributed by atoms with E-state index in [4.69, 9.17) is 5.11 Å². The van der Waals surface area contributed by atoms with Crippen molar-refractivity contribution in [3.05, 3.63) is 24.3 Å². The summed E-state index contributed by atoms with van der Waals surface area (Å²) in [5.74, 6) is 3.58. The smallest absolute Gasteiger partial charge is 0.303 e. The Balaban J connectivity index is 2.55. The summed E-state index contributed by atoms with van der Waals surface area (Å²) in [6.07, 6.45) is 51.0. The lowest BCUT2D eigenvalue weighted by molar-refractivity contribution is -0.138. The lowest BCUT2D eigenvalue weighted by Gasteiger charge is -2.58. The molecule has 0 aromatic rings. The molecule has 60 heavy (non-hydrogen) atoms. The molecular weight excluding hydrogens is 745 g/mol. The van der Waals surface area contributed by atoms with Gasteiger partial charge in [0.05, 0.1) is 0 Å². The van der Waals surface area contributed by atoms with Crippen LogP contribution in [0.4, 0.5) is 0 Å². The van der Waals surface area contributed by atoms with Gasteiger partial charge in [0.25, 0.3) is 0 Å². The molecule has 0 heterocycles. The minimum Gasteiger partial charge on any atom is -0.481 e. The Hall–Kier alpha value is -2.11. The van der Waals surface area contributed by atoms with Crippen LogP contribution in [-0.2, 0) is 14.4 Å². The number of carboxylic acids is 3. The van der Waals surface area contributed by atoms with Crippen LogP contribution in [0.25, 0.3) is 0 Å². The molecule has 2 aliphatic carbocycles. The zero-order chi connectivity index (χ0) is 43.6. The zero-order valence-corrected chi connectivity index (χ0v) is 39.5. The van der Waals surface area contributed by atoms with Crippen LogP contribution in [-0.4, -0.2) is 33.2 Å². The first-order valence-corrected chi connectivity index (χ1v) is 26.2. The van der Waals surface area contributed by atoms with E-state index in [9.17, 15) is 24.6 Å². The summed E-state index contributed by atoms with van der Waals surface area (Å²) in [6.45, 7) is 6.96. The SMILES string of the molecule is CCCCC/C=C/CC1C(CCCCCCCC(=O)O)C(CCCCCCCC(=O)O)C2C(CCCCCCCC(=O)O)C=CC(CCCCCC)C2C1CCCCCC. The maximum atomic E-state index is 11.2. The quantitative estimate of drug-likeness (QED) is 0.0418. The molecule has 1 saturated carbocycles. The molecule has 0 spiro atoms. The predicted molar refractivity (Wildman–Crippen MR) is 252 cm³/mol. The van der Waals surface area contributed by atoms with Crippen LogP contribution in [0.15, 0.2) is 24.3 Å². The molecule has 6 heteroatoms. The molecular formula is C54H96O6. The Morgan fingerprint density at radius 2 is 0.717 bits per heavy atom. The zero-order valence-electron chi connectivity index (χ0n) is 39.5. The van der Waals surface area contributed by atoms with E-state index < -0.39 is 17.9 Å². The van der Waals surface area contributed by atoms with Gasteiger partial charge in [-0.05, 0) is 118 Å². The number of fused-ring (bicyclic) bond motifs is 1. The number of carboxylic acid groups (broad SMARTS) is 3. The van der Waals surface area contributed by atoms with Crippen molar-refractivity contribution >= 4 is 17.9 Å². The minimum atomic E-state index is -0.677. The molecule has 6 nitrogen and oxygen atoms in total. The lowest BCUT2D eigenvalue weighted by atomic mass is 9.47. The molecule has 3 N–H and O–H groups in total. The second kappa shape index (κ2) is 35.4. The summed E-state index contributed by atoms with van der Waals surface area (Å²) in [4.78, 5) is 33.5. The number of aliphatic carboxylic acids is 3. The number of hydrogen-bond acceptors (Lipinski definition) is 3. The third-order valence-corrected chi connectivity index (χ3v) is 14.8. The number of unbranched alkanes of at least 4 members (excludes halogenated alkanes) is 21. The van der Waals surface area contributed by atoms with Gasteiger partial charge in [-0.2, -0.15) is 0 Å². The van der Waals surface area contributed by atoms with E-state index in [1.54, 1.807) is 0 Å². The van der Waals surface area contributed by atoms with Gasteiger partial charge in [0.2, 0.25) is 0 Å². The van der Waals surface area contributed by atoms with Crippen molar-refractivity contribution in [1.82, 2.24) is 0 Å². The van der Waals surface area contributed by atoms with E-state index in [0.29, 0.717) is 35.5 Å². The summed E-state index contributed by atoms with van der Waals surface area (Å²) in [7, 11) is 0. The number of rotatable bonds is 40. The Bertz CT molecular complexity index is 1140. The van der Waals surface area contributed by atoms with Gasteiger partial charge in [-0.1, -0.05) is 186 Å². The molecule has 0 aliphatic heterocycles. The van der Waals surface area contributed by atoms with Crippen LogP contribution >= 0.6 is 0 Å². The van der Waals surface area contributed by atoms with Gasteiger partial charge in [-0.15, -0.1) is 0 Å². The fourth-order valence-electron chi connectivity index (χ4n) is 11.7. The number of hydrogen-bond donors (Lipinski definition) is 3. The maximum Gasteiger partial charge on any atom is 0.303 e. The van der Waals surface area contributed by atoms with Crippen molar-refractivity contribution in [2.24, 2.45) is 47.3 Å². The molecule has 0 radical (unpaired) electrons. The van der Waals surface area contributed by atoms with Gasteiger partial charge < -0.3 is 15.3 Å². The van der Waals surface area contributed by atoms with Crippen molar-refractivity contribution in [1.29, 1.82) is 0 Å². The van der Waals surface area contributed by atoms with E-state index in [1.165, 1.54) is 154 Å². The van der Waals surface area contributed by atoms with Crippen LogP contribution in [0, 0.1) is 47.3 Å². The predicted octanol–water partition coefficient (Wildman–Crippen LogP) is 16.4. The van der Waals surface area contributed by atoms with E-state index in [1.807, 2.05) is 0 Å². The highest BCUT2D eigenvalue weighted by Crippen LogP contribution is 2.60. The van der Waals surface area contributed by atoms with Crippen LogP contribution in [0.1, 0.15) is 252 Å². The number of allylic oxidation sites excluding steroid dienone is 4. The molecule has 0 saturated heterocycles. The Morgan fingerprint density at radius 3 is 1.13 bits per heavy atom. The standard InChI is InChI=1S/C54H96O6/c1-4-7-10-13-18-27-35-46-47(36-28-19-15-22-31-40-51(57)58)49(38-29-20-16-23-32-41-52(59)60)54-45(34-25-17-14-21-30-39-50(55)56)43-42-44(33-24-11-8-5-2)53(54)48(46)37-26-12-9-6-3/h18,27,42-49,53-54H,4-17,19-26,28-41H2,1-3H3,(H,55,56)(H,57,58)(H,59,60)/b27-18+. The average molecular weight is 841 g/mol. The maximum absolute atomic E-state index is 11.2. The minimum absolute atomic E-state index is 0.283. The first-order chi connectivity index (χ1) is 29.2. The number of carbonyl (C=O) groups is 3. The van der Waals surface area contributed by atoms with Crippen molar-refractivity contribution in [2.75, 3.05) is 0 Å². The fraction of sp³-hybridized carbons (Fsp3) is 0.870. The van der Waals surface area contributed by atoms with Crippen LogP contribution in [0.3, 0.4) is 0 Å². The molecule has 8 unspecified atom stereocenters. The summed E-state index contributed by atoms with van der Waals surface area (Å²) in [5, 5.41) is 27.6. The van der Waals surface area contributed by atoms with E-state index in [2.05, 4.69) is 45.1 Å². The monoisotopic (exact) mass is 841 g/mol. The van der Waals surface area contributed by atoms with Crippen molar-refractivity contribution in [2.45, 2.75) is 252 Å². The highest BCUT2D eigenvalue weighted by atomic mass is 16.4. The molecule has 0 amide bonds. The van der Waals surface area contributed by atoms with Gasteiger partial charge in [-0.3, -0.25) is 14.4 Å². The Kier molecular flexibility index (Phi) is 31.8.